The summed E-state index contributed by atoms with van der Waals surface area (Å²) < 4.78 is 14.0. The van der Waals surface area contributed by atoms with Crippen molar-refractivity contribution in [2.75, 3.05) is 0 Å². The van der Waals surface area contributed by atoms with E-state index in [0.717, 1.165) is 18.5 Å². The molecule has 2 atom stereocenters. The molecule has 0 spiro atoms. The summed E-state index contributed by atoms with van der Waals surface area (Å²) in [5.41, 5.74) is 2.73. The number of hydrogen-bond donors (Lipinski definition) is 1. The highest BCUT2D eigenvalue weighted by molar-refractivity contribution is 9.10. The lowest BCUT2D eigenvalue weighted by Gasteiger charge is -2.19. The van der Waals surface area contributed by atoms with Crippen molar-refractivity contribution in [3.63, 3.8) is 0 Å². The lowest BCUT2D eigenvalue weighted by Crippen LogP contribution is -2.09. The molecule has 3 rings (SSSR count). The number of aliphatic hydroxyl groups excluding tert-OH is 1. The van der Waals surface area contributed by atoms with Gasteiger partial charge in [-0.05, 0) is 58.1 Å². The maximum absolute atomic E-state index is 13.5. The van der Waals surface area contributed by atoms with Gasteiger partial charge in [-0.1, -0.05) is 12.1 Å². The number of aromatic nitrogens is 1. The Morgan fingerprint density at radius 2 is 2.21 bits per heavy atom. The van der Waals surface area contributed by atoms with Crippen molar-refractivity contribution in [3.05, 3.63) is 63.6 Å². The third kappa shape index (κ3) is 2.30. The van der Waals surface area contributed by atoms with E-state index in [1.165, 1.54) is 11.6 Å². The Kier molecular flexibility index (Phi) is 3.37. The van der Waals surface area contributed by atoms with E-state index in [9.17, 15) is 9.50 Å². The highest BCUT2D eigenvalue weighted by atomic mass is 79.9. The fraction of sp³-hybridized carbons (Fsp3) is 0.267. The number of aryl methyl sites for hydroxylation is 1. The molecular weight excluding hydrogens is 309 g/mol. The van der Waals surface area contributed by atoms with Gasteiger partial charge in [-0.3, -0.25) is 4.98 Å². The molecule has 1 aromatic heterocycles. The van der Waals surface area contributed by atoms with Crippen molar-refractivity contribution in [2.24, 2.45) is 0 Å². The summed E-state index contributed by atoms with van der Waals surface area (Å²) in [6.45, 7) is 0. The zero-order chi connectivity index (χ0) is 13.4. The van der Waals surface area contributed by atoms with Crippen molar-refractivity contribution in [1.29, 1.82) is 0 Å². The quantitative estimate of drug-likeness (QED) is 0.913. The lowest BCUT2D eigenvalue weighted by atomic mass is 9.93. The van der Waals surface area contributed by atoms with E-state index in [-0.39, 0.29) is 11.7 Å². The minimum Gasteiger partial charge on any atom is -0.388 e. The summed E-state index contributed by atoms with van der Waals surface area (Å²) in [5, 5.41) is 10.5. The van der Waals surface area contributed by atoms with E-state index >= 15 is 0 Å². The summed E-state index contributed by atoms with van der Waals surface area (Å²) in [5.74, 6) is -0.396. The molecule has 1 aliphatic carbocycles. The molecule has 0 radical (unpaired) electrons. The predicted octanol–water partition coefficient (Wildman–Crippen LogP) is 3.75. The summed E-state index contributed by atoms with van der Waals surface area (Å²) in [4.78, 5) is 4.36. The molecule has 0 saturated carbocycles. The summed E-state index contributed by atoms with van der Waals surface area (Å²) >= 11 is 3.12. The topological polar surface area (TPSA) is 33.1 Å². The smallest absolute Gasteiger partial charge is 0.137 e. The summed E-state index contributed by atoms with van der Waals surface area (Å²) in [6.07, 6.45) is 2.81. The van der Waals surface area contributed by atoms with Gasteiger partial charge in [0.05, 0.1) is 10.6 Å². The number of nitrogens with zero attached hydrogens (tertiary/aromatic N) is 1. The van der Waals surface area contributed by atoms with Crippen LogP contribution in [0.5, 0.6) is 0 Å². The SMILES string of the molecule is OC(c1ccc(Br)c(F)c1)C1CCc2cccnc21. The van der Waals surface area contributed by atoms with Crippen molar-refractivity contribution in [3.8, 4) is 0 Å². The van der Waals surface area contributed by atoms with E-state index in [1.54, 1.807) is 18.3 Å². The molecule has 1 aliphatic rings. The molecule has 0 amide bonds. The van der Waals surface area contributed by atoms with Crippen LogP contribution < -0.4 is 0 Å². The molecule has 2 nitrogen and oxygen atoms in total. The Hall–Kier alpha value is -1.26. The van der Waals surface area contributed by atoms with E-state index < -0.39 is 6.10 Å². The largest absolute Gasteiger partial charge is 0.388 e. The first-order valence-corrected chi connectivity index (χ1v) is 7.03. The van der Waals surface area contributed by atoms with Crippen LogP contribution in [-0.4, -0.2) is 10.1 Å². The molecule has 0 aliphatic heterocycles. The molecule has 2 aromatic rings. The van der Waals surface area contributed by atoms with Gasteiger partial charge in [0.25, 0.3) is 0 Å². The maximum atomic E-state index is 13.5. The zero-order valence-corrected chi connectivity index (χ0v) is 11.8. The van der Waals surface area contributed by atoms with Crippen LogP contribution in [0.25, 0.3) is 0 Å². The van der Waals surface area contributed by atoms with Gasteiger partial charge in [0.1, 0.15) is 5.82 Å². The van der Waals surface area contributed by atoms with Crippen LogP contribution in [0.4, 0.5) is 4.39 Å². The van der Waals surface area contributed by atoms with Crippen LogP contribution in [0, 0.1) is 5.82 Å². The highest BCUT2D eigenvalue weighted by Crippen LogP contribution is 2.40. The number of aliphatic hydroxyl groups is 1. The molecule has 19 heavy (non-hydrogen) atoms. The summed E-state index contributed by atoms with van der Waals surface area (Å²) in [7, 11) is 0. The molecule has 0 fully saturated rings. The Bertz CT molecular complexity index is 617. The first-order valence-electron chi connectivity index (χ1n) is 6.23. The van der Waals surface area contributed by atoms with Crippen LogP contribution in [0.3, 0.4) is 0 Å². The van der Waals surface area contributed by atoms with Crippen LogP contribution in [0.15, 0.2) is 41.0 Å². The number of pyridine rings is 1. The van der Waals surface area contributed by atoms with Gasteiger partial charge in [-0.2, -0.15) is 0 Å². The standard InChI is InChI=1S/C15H13BrFNO/c16-12-6-4-10(8-13(12)17)15(19)11-5-3-9-2-1-7-18-14(9)11/h1-2,4,6-8,11,15,19H,3,5H2. The third-order valence-corrected chi connectivity index (χ3v) is 4.31. The second-order valence-electron chi connectivity index (χ2n) is 4.81. The number of hydrogen-bond acceptors (Lipinski definition) is 2. The number of fused-ring (bicyclic) bond motifs is 1. The van der Waals surface area contributed by atoms with Crippen molar-refractivity contribution in [2.45, 2.75) is 24.9 Å². The molecule has 1 N–H and O–H groups in total. The number of rotatable bonds is 2. The van der Waals surface area contributed by atoms with Gasteiger partial charge in [-0.25, -0.2) is 4.39 Å². The van der Waals surface area contributed by atoms with Crippen molar-refractivity contribution < 1.29 is 9.50 Å². The Labute approximate surface area is 119 Å². The monoisotopic (exact) mass is 321 g/mol. The highest BCUT2D eigenvalue weighted by Gasteiger charge is 2.30. The predicted molar refractivity (Wildman–Crippen MR) is 74.4 cm³/mol. The first-order chi connectivity index (χ1) is 9.16. The molecule has 98 valence electrons. The van der Waals surface area contributed by atoms with Gasteiger partial charge in [0, 0.05) is 17.8 Å². The van der Waals surface area contributed by atoms with E-state index in [0.29, 0.717) is 10.0 Å². The Morgan fingerprint density at radius 1 is 1.37 bits per heavy atom. The fourth-order valence-corrected chi connectivity index (χ4v) is 2.93. The molecular formula is C15H13BrFNO. The van der Waals surface area contributed by atoms with E-state index in [1.807, 2.05) is 12.1 Å². The molecule has 1 heterocycles. The summed E-state index contributed by atoms with van der Waals surface area (Å²) in [6, 6.07) is 8.71. The molecule has 1 aromatic carbocycles. The van der Waals surface area contributed by atoms with Crippen LogP contribution in [-0.2, 0) is 6.42 Å². The minimum atomic E-state index is -0.709. The minimum absolute atomic E-state index is 0.0447. The molecule has 4 heteroatoms. The lowest BCUT2D eigenvalue weighted by molar-refractivity contribution is 0.143. The average molecular weight is 322 g/mol. The maximum Gasteiger partial charge on any atom is 0.137 e. The van der Waals surface area contributed by atoms with Crippen LogP contribution >= 0.6 is 15.9 Å². The number of halogens is 2. The molecule has 0 bridgehead atoms. The molecule has 0 saturated heterocycles. The van der Waals surface area contributed by atoms with Gasteiger partial charge in [0.2, 0.25) is 0 Å². The van der Waals surface area contributed by atoms with Crippen LogP contribution in [0.2, 0.25) is 0 Å². The number of benzene rings is 1. The second-order valence-corrected chi connectivity index (χ2v) is 5.67. The van der Waals surface area contributed by atoms with Gasteiger partial charge >= 0.3 is 0 Å². The first kappa shape index (κ1) is 12.8. The van der Waals surface area contributed by atoms with Gasteiger partial charge < -0.3 is 5.11 Å². The Balaban J connectivity index is 1.93. The van der Waals surface area contributed by atoms with E-state index in [2.05, 4.69) is 20.9 Å². The zero-order valence-electron chi connectivity index (χ0n) is 10.2. The van der Waals surface area contributed by atoms with Crippen molar-refractivity contribution in [1.82, 2.24) is 4.98 Å². The second kappa shape index (κ2) is 5.02. The Morgan fingerprint density at radius 3 is 3.00 bits per heavy atom. The van der Waals surface area contributed by atoms with E-state index in [4.69, 9.17) is 0 Å². The molecule has 2 unspecified atom stereocenters. The normalized spacial score (nSPS) is 19.2. The van der Waals surface area contributed by atoms with Crippen LogP contribution in [0.1, 0.15) is 35.3 Å². The average Bonchev–Trinajstić information content (AvgIpc) is 2.85. The van der Waals surface area contributed by atoms with Crippen molar-refractivity contribution >= 4 is 15.9 Å². The van der Waals surface area contributed by atoms with Gasteiger partial charge in [-0.15, -0.1) is 0 Å². The third-order valence-electron chi connectivity index (χ3n) is 3.67. The fourth-order valence-electron chi connectivity index (χ4n) is 2.68. The van der Waals surface area contributed by atoms with Gasteiger partial charge in [0.15, 0.2) is 0 Å².